The predicted molar refractivity (Wildman–Crippen MR) is 38.8 cm³/mol. The second-order valence-electron chi connectivity index (χ2n) is 2.19. The highest BCUT2D eigenvalue weighted by Crippen LogP contribution is 2.12. The van der Waals surface area contributed by atoms with Crippen molar-refractivity contribution in [2.24, 2.45) is 5.73 Å². The highest BCUT2D eigenvalue weighted by atomic mass is 16.6. The van der Waals surface area contributed by atoms with Crippen LogP contribution in [0.5, 0.6) is 0 Å². The average Bonchev–Trinajstić information content (AvgIpc) is 2.34. The van der Waals surface area contributed by atoms with Crippen molar-refractivity contribution in [1.82, 2.24) is 0 Å². The van der Waals surface area contributed by atoms with Gasteiger partial charge in [-0.15, -0.1) is 0 Å². The molecule has 0 saturated heterocycles. The fourth-order valence-corrected chi connectivity index (χ4v) is 0.804. The molecular formula is C7H9NO4. The van der Waals surface area contributed by atoms with Crippen LogP contribution in [-0.4, -0.2) is 25.2 Å². The Kier molecular flexibility index (Phi) is 2.32. The molecule has 12 heavy (non-hydrogen) atoms. The van der Waals surface area contributed by atoms with Crippen molar-refractivity contribution in [1.29, 1.82) is 0 Å². The minimum atomic E-state index is -0.655. The maximum absolute atomic E-state index is 11.0. The van der Waals surface area contributed by atoms with E-state index in [1.807, 2.05) is 0 Å². The monoisotopic (exact) mass is 171 g/mol. The topological polar surface area (TPSA) is 78.6 Å². The average molecular weight is 171 g/mol. The van der Waals surface area contributed by atoms with Gasteiger partial charge in [-0.2, -0.15) is 0 Å². The van der Waals surface area contributed by atoms with E-state index in [0.717, 1.165) is 0 Å². The SMILES string of the molecule is CCOC(=O)C1=C(N)C(=O)OC1. The van der Waals surface area contributed by atoms with Crippen LogP contribution in [0.4, 0.5) is 0 Å². The predicted octanol–water partition coefficient (Wildman–Crippen LogP) is -0.681. The summed E-state index contributed by atoms with van der Waals surface area (Å²) in [5.74, 6) is -1.24. The number of carbonyl (C=O) groups is 2. The Hall–Kier alpha value is -1.52. The molecule has 0 amide bonds. The number of cyclic esters (lactones) is 1. The van der Waals surface area contributed by atoms with Crippen LogP contribution in [-0.2, 0) is 19.1 Å². The molecule has 0 aromatic heterocycles. The van der Waals surface area contributed by atoms with Gasteiger partial charge >= 0.3 is 11.9 Å². The van der Waals surface area contributed by atoms with Gasteiger partial charge in [-0.3, -0.25) is 0 Å². The molecule has 0 radical (unpaired) electrons. The Morgan fingerprint density at radius 1 is 1.75 bits per heavy atom. The summed E-state index contributed by atoms with van der Waals surface area (Å²) >= 11 is 0. The van der Waals surface area contributed by atoms with Gasteiger partial charge in [0.1, 0.15) is 17.9 Å². The Balaban J connectivity index is 2.75. The van der Waals surface area contributed by atoms with Crippen LogP contribution >= 0.6 is 0 Å². The van der Waals surface area contributed by atoms with Gasteiger partial charge in [0, 0.05) is 0 Å². The molecule has 2 N–H and O–H groups in total. The van der Waals surface area contributed by atoms with Crippen molar-refractivity contribution in [2.75, 3.05) is 13.2 Å². The lowest BCUT2D eigenvalue weighted by molar-refractivity contribution is -0.139. The molecule has 0 aromatic rings. The van der Waals surface area contributed by atoms with Crippen molar-refractivity contribution < 1.29 is 19.1 Å². The lowest BCUT2D eigenvalue weighted by Crippen LogP contribution is -2.14. The maximum Gasteiger partial charge on any atom is 0.355 e. The van der Waals surface area contributed by atoms with Gasteiger partial charge in [0.25, 0.3) is 0 Å². The first-order valence-corrected chi connectivity index (χ1v) is 3.49. The van der Waals surface area contributed by atoms with E-state index in [-0.39, 0.29) is 24.5 Å². The van der Waals surface area contributed by atoms with Gasteiger partial charge in [0.2, 0.25) is 0 Å². The zero-order valence-corrected chi connectivity index (χ0v) is 6.62. The van der Waals surface area contributed by atoms with Gasteiger partial charge < -0.3 is 15.2 Å². The summed E-state index contributed by atoms with van der Waals surface area (Å²) in [6.07, 6.45) is 0. The highest BCUT2D eigenvalue weighted by molar-refractivity contribution is 6.02. The molecule has 1 heterocycles. The van der Waals surface area contributed by atoms with Crippen LogP contribution in [0.25, 0.3) is 0 Å². The van der Waals surface area contributed by atoms with Crippen LogP contribution in [0.3, 0.4) is 0 Å². The molecule has 0 saturated carbocycles. The summed E-state index contributed by atoms with van der Waals surface area (Å²) in [6, 6.07) is 0. The second kappa shape index (κ2) is 3.25. The highest BCUT2D eigenvalue weighted by Gasteiger charge is 2.27. The molecule has 0 unspecified atom stereocenters. The van der Waals surface area contributed by atoms with Crippen LogP contribution in [0.2, 0.25) is 0 Å². The zero-order chi connectivity index (χ0) is 9.14. The molecule has 5 heteroatoms. The van der Waals surface area contributed by atoms with Gasteiger partial charge in [-0.1, -0.05) is 0 Å². The summed E-state index contributed by atoms with van der Waals surface area (Å²) in [4.78, 5) is 21.7. The van der Waals surface area contributed by atoms with Crippen molar-refractivity contribution in [2.45, 2.75) is 6.92 Å². The Labute approximate surface area is 69.1 Å². The van der Waals surface area contributed by atoms with Gasteiger partial charge in [-0.05, 0) is 6.92 Å². The van der Waals surface area contributed by atoms with E-state index in [9.17, 15) is 9.59 Å². The second-order valence-corrected chi connectivity index (χ2v) is 2.19. The van der Waals surface area contributed by atoms with Gasteiger partial charge in [-0.25, -0.2) is 9.59 Å². The molecule has 1 aliphatic rings. The number of ether oxygens (including phenoxy) is 2. The number of carbonyl (C=O) groups excluding carboxylic acids is 2. The normalized spacial score (nSPS) is 16.2. The van der Waals surface area contributed by atoms with Crippen LogP contribution in [0, 0.1) is 0 Å². The van der Waals surface area contributed by atoms with Crippen LogP contribution in [0.15, 0.2) is 11.3 Å². The van der Waals surface area contributed by atoms with E-state index in [4.69, 9.17) is 5.73 Å². The molecule has 1 aliphatic heterocycles. The fourth-order valence-electron chi connectivity index (χ4n) is 0.804. The number of hydrogen-bond donors (Lipinski definition) is 1. The molecule has 0 aliphatic carbocycles. The number of hydrogen-bond acceptors (Lipinski definition) is 5. The summed E-state index contributed by atoms with van der Waals surface area (Å²) in [5.41, 5.74) is 5.23. The van der Waals surface area contributed by atoms with E-state index < -0.39 is 11.9 Å². The maximum atomic E-state index is 11.0. The minimum Gasteiger partial charge on any atom is -0.462 e. The summed E-state index contributed by atoms with van der Waals surface area (Å²) < 4.78 is 9.14. The van der Waals surface area contributed by atoms with Crippen molar-refractivity contribution in [3.05, 3.63) is 11.3 Å². The van der Waals surface area contributed by atoms with E-state index in [1.165, 1.54) is 0 Å². The van der Waals surface area contributed by atoms with Crippen molar-refractivity contribution in [3.63, 3.8) is 0 Å². The lowest BCUT2D eigenvalue weighted by atomic mass is 10.2. The molecule has 0 bridgehead atoms. The summed E-state index contributed by atoms with van der Waals surface area (Å²) in [6.45, 7) is 1.85. The first-order valence-electron chi connectivity index (χ1n) is 3.49. The zero-order valence-electron chi connectivity index (χ0n) is 6.62. The number of nitrogens with two attached hydrogens (primary N) is 1. The standard InChI is InChI=1S/C7H9NO4/c1-2-11-6(9)4-3-12-7(10)5(4)8/h2-3,8H2,1H3. The number of esters is 2. The molecule has 0 atom stereocenters. The third kappa shape index (κ3) is 1.39. The smallest absolute Gasteiger partial charge is 0.355 e. The minimum absolute atomic E-state index is 0.0799. The molecule has 5 nitrogen and oxygen atoms in total. The lowest BCUT2D eigenvalue weighted by Gasteiger charge is -1.99. The van der Waals surface area contributed by atoms with Crippen molar-refractivity contribution in [3.8, 4) is 0 Å². The molecule has 1 rings (SSSR count). The fraction of sp³-hybridized carbons (Fsp3) is 0.429. The van der Waals surface area contributed by atoms with Crippen LogP contribution < -0.4 is 5.73 Å². The summed E-state index contributed by atoms with van der Waals surface area (Å²) in [5, 5.41) is 0. The molecule has 0 aromatic carbocycles. The third-order valence-corrected chi connectivity index (χ3v) is 1.41. The third-order valence-electron chi connectivity index (χ3n) is 1.41. The van der Waals surface area contributed by atoms with Gasteiger partial charge in [0.05, 0.1) is 6.61 Å². The Morgan fingerprint density at radius 3 is 2.83 bits per heavy atom. The molecule has 0 fully saturated rings. The van der Waals surface area contributed by atoms with Gasteiger partial charge in [0.15, 0.2) is 0 Å². The Morgan fingerprint density at radius 2 is 2.42 bits per heavy atom. The Bertz CT molecular complexity index is 256. The van der Waals surface area contributed by atoms with E-state index in [0.29, 0.717) is 0 Å². The first kappa shape index (κ1) is 8.58. The van der Waals surface area contributed by atoms with E-state index in [2.05, 4.69) is 9.47 Å². The molecule has 0 spiro atoms. The number of rotatable bonds is 2. The molecule has 66 valence electrons. The quantitative estimate of drug-likeness (QED) is 0.557. The van der Waals surface area contributed by atoms with Crippen molar-refractivity contribution >= 4 is 11.9 Å². The van der Waals surface area contributed by atoms with Crippen LogP contribution in [0.1, 0.15) is 6.92 Å². The first-order chi connectivity index (χ1) is 5.66. The molecular weight excluding hydrogens is 162 g/mol. The largest absolute Gasteiger partial charge is 0.462 e. The van der Waals surface area contributed by atoms with E-state index >= 15 is 0 Å². The summed E-state index contributed by atoms with van der Waals surface area (Å²) in [7, 11) is 0. The van der Waals surface area contributed by atoms with E-state index in [1.54, 1.807) is 6.92 Å².